The van der Waals surface area contributed by atoms with E-state index in [9.17, 15) is 4.79 Å². The summed E-state index contributed by atoms with van der Waals surface area (Å²) in [6, 6.07) is 7.95. The number of esters is 1. The van der Waals surface area contributed by atoms with Crippen LogP contribution < -0.4 is 4.74 Å². The Morgan fingerprint density at radius 2 is 2.07 bits per heavy atom. The number of nitrogens with zero attached hydrogens (tertiary/aromatic N) is 3. The van der Waals surface area contributed by atoms with E-state index in [1.807, 2.05) is 43.8 Å². The van der Waals surface area contributed by atoms with Gasteiger partial charge in [0.15, 0.2) is 5.16 Å². The van der Waals surface area contributed by atoms with E-state index in [-0.39, 0.29) is 5.97 Å². The van der Waals surface area contributed by atoms with Gasteiger partial charge in [0.25, 0.3) is 0 Å². The third-order valence-electron chi connectivity index (χ3n) is 5.31. The van der Waals surface area contributed by atoms with Gasteiger partial charge in [-0.25, -0.2) is 9.97 Å². The van der Waals surface area contributed by atoms with Gasteiger partial charge in [-0.05, 0) is 56.7 Å². The molecule has 0 saturated carbocycles. The van der Waals surface area contributed by atoms with Crippen LogP contribution in [0, 0.1) is 5.41 Å². The summed E-state index contributed by atoms with van der Waals surface area (Å²) in [5.41, 5.74) is 1.59. The van der Waals surface area contributed by atoms with Gasteiger partial charge in [0, 0.05) is 31.0 Å². The van der Waals surface area contributed by atoms with Crippen LogP contribution in [0.25, 0.3) is 0 Å². The lowest BCUT2D eigenvalue weighted by Crippen LogP contribution is -2.49. The number of hydrogen-bond donors (Lipinski definition) is 0. The van der Waals surface area contributed by atoms with Crippen LogP contribution in [0.2, 0.25) is 0 Å². The Kier molecular flexibility index (Phi) is 7.50. The normalized spacial score (nSPS) is 19.7. The Bertz CT molecular complexity index is 815. The van der Waals surface area contributed by atoms with Crippen molar-refractivity contribution in [3.05, 3.63) is 47.8 Å². The van der Waals surface area contributed by atoms with Gasteiger partial charge in [0.05, 0.1) is 19.1 Å². The van der Waals surface area contributed by atoms with Gasteiger partial charge >= 0.3 is 5.97 Å². The van der Waals surface area contributed by atoms with Crippen LogP contribution in [-0.2, 0) is 22.5 Å². The van der Waals surface area contributed by atoms with Gasteiger partial charge in [-0.15, -0.1) is 0 Å². The fourth-order valence-corrected chi connectivity index (χ4v) is 4.31. The zero-order chi connectivity index (χ0) is 20.7. The molecule has 1 atom stereocenters. The maximum Gasteiger partial charge on any atom is 0.313 e. The van der Waals surface area contributed by atoms with E-state index in [0.717, 1.165) is 48.0 Å². The molecule has 6 nitrogen and oxygen atoms in total. The smallest absolute Gasteiger partial charge is 0.313 e. The second-order valence-corrected chi connectivity index (χ2v) is 8.19. The molecular formula is C22H29N3O3S. The van der Waals surface area contributed by atoms with Crippen molar-refractivity contribution < 1.29 is 14.3 Å². The van der Waals surface area contributed by atoms with Crippen LogP contribution >= 0.6 is 11.8 Å². The predicted molar refractivity (Wildman–Crippen MR) is 114 cm³/mol. The maximum absolute atomic E-state index is 13.1. The molecule has 1 aliphatic rings. The Morgan fingerprint density at radius 3 is 2.76 bits per heavy atom. The molecule has 2 aromatic rings. The molecule has 1 aliphatic heterocycles. The highest BCUT2D eigenvalue weighted by Crippen LogP contribution is 2.36. The summed E-state index contributed by atoms with van der Waals surface area (Å²) in [5.74, 6) is 0.696. The molecule has 1 aromatic carbocycles. The van der Waals surface area contributed by atoms with Crippen LogP contribution in [0.3, 0.4) is 0 Å². The highest BCUT2D eigenvalue weighted by atomic mass is 32.2. The van der Waals surface area contributed by atoms with Crippen LogP contribution in [-0.4, -0.2) is 53.9 Å². The Morgan fingerprint density at radius 1 is 1.28 bits per heavy atom. The topological polar surface area (TPSA) is 64.6 Å². The fourth-order valence-electron chi connectivity index (χ4n) is 3.99. The third kappa shape index (κ3) is 5.48. The summed E-state index contributed by atoms with van der Waals surface area (Å²) in [6.45, 7) is 4.59. The first-order valence-electron chi connectivity index (χ1n) is 9.96. The van der Waals surface area contributed by atoms with E-state index in [0.29, 0.717) is 19.6 Å². The molecule has 0 N–H and O–H groups in total. The van der Waals surface area contributed by atoms with Crippen molar-refractivity contribution in [3.8, 4) is 5.75 Å². The van der Waals surface area contributed by atoms with E-state index in [1.165, 1.54) is 11.8 Å². The number of thioether (sulfide) groups is 1. The number of piperidine rings is 1. The molecule has 29 heavy (non-hydrogen) atoms. The van der Waals surface area contributed by atoms with E-state index in [4.69, 9.17) is 9.47 Å². The minimum atomic E-state index is -0.555. The quantitative estimate of drug-likeness (QED) is 0.371. The average Bonchev–Trinajstić information content (AvgIpc) is 2.75. The number of ether oxygens (including phenoxy) is 2. The lowest BCUT2D eigenvalue weighted by Gasteiger charge is -2.41. The molecule has 0 radical (unpaired) electrons. The zero-order valence-electron chi connectivity index (χ0n) is 17.4. The number of likely N-dealkylation sites (tertiary alicyclic amines) is 1. The van der Waals surface area contributed by atoms with Gasteiger partial charge in [-0.1, -0.05) is 23.9 Å². The molecular weight excluding hydrogens is 386 g/mol. The molecule has 0 aliphatic carbocycles. The number of methoxy groups -OCH3 is 1. The van der Waals surface area contributed by atoms with Gasteiger partial charge in [0.2, 0.25) is 0 Å². The van der Waals surface area contributed by atoms with Gasteiger partial charge < -0.3 is 9.47 Å². The Hall–Kier alpha value is -2.12. The van der Waals surface area contributed by atoms with Crippen molar-refractivity contribution in [3.63, 3.8) is 0 Å². The standard InChI is InChI=1S/C22H29N3O3S/c1-4-28-20(26)22(12-17-7-5-8-19(11-17)27-2)9-6-10-25(16-22)15-18-13-23-21(29-3)24-14-18/h5,7-8,11,13-14H,4,6,9-10,12,15-16H2,1-3H3. The lowest BCUT2D eigenvalue weighted by atomic mass is 9.75. The Labute approximate surface area is 177 Å². The summed E-state index contributed by atoms with van der Waals surface area (Å²) in [4.78, 5) is 24.1. The minimum Gasteiger partial charge on any atom is -0.497 e. The molecule has 7 heteroatoms. The second-order valence-electron chi connectivity index (χ2n) is 7.42. The second kappa shape index (κ2) is 10.1. The summed E-state index contributed by atoms with van der Waals surface area (Å²) in [6.07, 6.45) is 8.13. The van der Waals surface area contributed by atoms with E-state index >= 15 is 0 Å². The van der Waals surface area contributed by atoms with E-state index < -0.39 is 5.41 Å². The van der Waals surface area contributed by atoms with Crippen molar-refractivity contribution >= 4 is 17.7 Å². The van der Waals surface area contributed by atoms with E-state index in [1.54, 1.807) is 7.11 Å². The predicted octanol–water partition coefficient (Wildman–Crippen LogP) is 3.60. The molecule has 1 aromatic heterocycles. The van der Waals surface area contributed by atoms with Crippen molar-refractivity contribution in [2.45, 2.75) is 37.9 Å². The summed E-state index contributed by atoms with van der Waals surface area (Å²) >= 11 is 1.53. The lowest BCUT2D eigenvalue weighted by molar-refractivity contribution is -0.159. The van der Waals surface area contributed by atoms with Crippen LogP contribution in [0.5, 0.6) is 5.75 Å². The number of carbonyl (C=O) groups excluding carboxylic acids is 1. The molecule has 1 fully saturated rings. The summed E-state index contributed by atoms with van der Waals surface area (Å²) < 4.78 is 10.9. The highest BCUT2D eigenvalue weighted by Gasteiger charge is 2.43. The molecule has 0 bridgehead atoms. The summed E-state index contributed by atoms with van der Waals surface area (Å²) in [5, 5.41) is 0.770. The fraction of sp³-hybridized carbons (Fsp3) is 0.500. The van der Waals surface area contributed by atoms with E-state index in [2.05, 4.69) is 20.9 Å². The van der Waals surface area contributed by atoms with Gasteiger partial charge in [0.1, 0.15) is 5.75 Å². The van der Waals surface area contributed by atoms with Crippen molar-refractivity contribution in [1.29, 1.82) is 0 Å². The molecule has 156 valence electrons. The zero-order valence-corrected chi connectivity index (χ0v) is 18.2. The number of carbonyl (C=O) groups is 1. The number of benzene rings is 1. The average molecular weight is 416 g/mol. The van der Waals surface area contributed by atoms with Gasteiger partial charge in [-0.2, -0.15) is 0 Å². The molecule has 2 heterocycles. The minimum absolute atomic E-state index is 0.110. The highest BCUT2D eigenvalue weighted by molar-refractivity contribution is 7.98. The number of aromatic nitrogens is 2. The molecule has 1 unspecified atom stereocenters. The van der Waals surface area contributed by atoms with Crippen molar-refractivity contribution in [2.75, 3.05) is 33.1 Å². The number of hydrogen-bond acceptors (Lipinski definition) is 7. The first kappa shape index (κ1) is 21.6. The van der Waals surface area contributed by atoms with Crippen LogP contribution in [0.15, 0.2) is 41.8 Å². The SMILES string of the molecule is CCOC(=O)C1(Cc2cccc(OC)c2)CCCN(Cc2cnc(SC)nc2)C1. The first-order valence-corrected chi connectivity index (χ1v) is 11.2. The monoisotopic (exact) mass is 415 g/mol. The molecule has 3 rings (SSSR count). The molecule has 0 spiro atoms. The van der Waals surface area contributed by atoms with Crippen LogP contribution in [0.4, 0.5) is 0 Å². The largest absolute Gasteiger partial charge is 0.497 e. The maximum atomic E-state index is 13.1. The van der Waals surface area contributed by atoms with Crippen molar-refractivity contribution in [2.24, 2.45) is 5.41 Å². The van der Waals surface area contributed by atoms with Crippen molar-refractivity contribution in [1.82, 2.24) is 14.9 Å². The third-order valence-corrected chi connectivity index (χ3v) is 5.89. The van der Waals surface area contributed by atoms with Gasteiger partial charge in [-0.3, -0.25) is 9.69 Å². The molecule has 0 amide bonds. The number of rotatable bonds is 8. The Balaban J connectivity index is 1.79. The first-order chi connectivity index (χ1) is 14.1. The summed E-state index contributed by atoms with van der Waals surface area (Å²) in [7, 11) is 1.66. The van der Waals surface area contributed by atoms with Crippen LogP contribution in [0.1, 0.15) is 30.9 Å². The molecule has 1 saturated heterocycles.